The summed E-state index contributed by atoms with van der Waals surface area (Å²) in [6.45, 7) is 9.37. The molecule has 2 atom stereocenters. The molecule has 3 aromatic carbocycles. The number of anilines is 1. The predicted octanol–water partition coefficient (Wildman–Crippen LogP) is 5.96. The summed E-state index contributed by atoms with van der Waals surface area (Å²) in [5.74, 6) is -0.264. The lowest BCUT2D eigenvalue weighted by Gasteiger charge is -2.34. The summed E-state index contributed by atoms with van der Waals surface area (Å²) in [6.07, 6.45) is 1.05. The smallest absolute Gasteiger partial charge is 0.264 e. The molecule has 0 radical (unpaired) electrons. The first kappa shape index (κ1) is 32.9. The van der Waals surface area contributed by atoms with Crippen molar-refractivity contribution in [1.29, 1.82) is 0 Å². The number of nitrogens with one attached hydrogen (secondary N) is 1. The molecule has 226 valence electrons. The minimum Gasteiger partial charge on any atom is -0.494 e. The number of hydrogen-bond acceptors (Lipinski definition) is 5. The van der Waals surface area contributed by atoms with E-state index < -0.39 is 28.5 Å². The van der Waals surface area contributed by atoms with Crippen LogP contribution in [-0.4, -0.2) is 50.4 Å². The first-order valence-corrected chi connectivity index (χ1v) is 16.0. The maximum absolute atomic E-state index is 14.2. The number of halogens is 1. The van der Waals surface area contributed by atoms with Crippen molar-refractivity contribution in [1.82, 2.24) is 10.2 Å². The van der Waals surface area contributed by atoms with Crippen molar-refractivity contribution in [3.63, 3.8) is 0 Å². The quantitative estimate of drug-likeness (QED) is 0.242. The Morgan fingerprint density at radius 3 is 2.14 bits per heavy atom. The van der Waals surface area contributed by atoms with Gasteiger partial charge < -0.3 is 15.0 Å². The summed E-state index contributed by atoms with van der Waals surface area (Å²) in [5.41, 5.74) is 1.85. The normalized spacial score (nSPS) is 12.7. The molecular weight excluding hydrogens is 574 g/mol. The topological polar surface area (TPSA) is 96.0 Å². The van der Waals surface area contributed by atoms with Crippen molar-refractivity contribution in [3.05, 3.63) is 88.9 Å². The Bertz CT molecular complexity index is 1450. The molecule has 0 unspecified atom stereocenters. The van der Waals surface area contributed by atoms with Crippen LogP contribution in [0.1, 0.15) is 51.7 Å². The molecule has 3 aromatic rings. The summed E-state index contributed by atoms with van der Waals surface area (Å²) in [5, 5.41) is 3.42. The average Bonchev–Trinajstić information content (AvgIpc) is 2.97. The zero-order chi connectivity index (χ0) is 30.9. The summed E-state index contributed by atoms with van der Waals surface area (Å²) in [7, 11) is -4.16. The monoisotopic (exact) mass is 613 g/mol. The van der Waals surface area contributed by atoms with Crippen molar-refractivity contribution in [2.45, 2.75) is 71.0 Å². The molecule has 3 rings (SSSR count). The van der Waals surface area contributed by atoms with E-state index in [4.69, 9.17) is 16.3 Å². The Morgan fingerprint density at radius 2 is 1.57 bits per heavy atom. The third-order valence-electron chi connectivity index (χ3n) is 7.01. The van der Waals surface area contributed by atoms with Gasteiger partial charge in [0.05, 0.1) is 17.2 Å². The van der Waals surface area contributed by atoms with Crippen LogP contribution in [0, 0.1) is 6.92 Å². The molecule has 0 saturated heterocycles. The van der Waals surface area contributed by atoms with E-state index in [9.17, 15) is 18.0 Å². The molecule has 0 saturated carbocycles. The van der Waals surface area contributed by atoms with Gasteiger partial charge in [0.2, 0.25) is 11.8 Å². The first-order chi connectivity index (χ1) is 20.0. The Morgan fingerprint density at radius 1 is 0.929 bits per heavy atom. The summed E-state index contributed by atoms with van der Waals surface area (Å²) in [4.78, 5) is 29.0. The SMILES string of the molecule is CCOc1ccc(N(CC(=O)N(Cc2ccccc2Cl)[C@H](CC)C(=O)N[C@@H](C)CC)S(=O)(=O)c2ccc(C)cc2)cc1. The second-order valence-corrected chi connectivity index (χ2v) is 12.4. The second-order valence-electron chi connectivity index (χ2n) is 10.1. The minimum absolute atomic E-state index is 0.0344. The predicted molar refractivity (Wildman–Crippen MR) is 167 cm³/mol. The number of ether oxygens (including phenoxy) is 1. The van der Waals surface area contributed by atoms with E-state index in [1.807, 2.05) is 34.6 Å². The maximum Gasteiger partial charge on any atom is 0.264 e. The number of benzene rings is 3. The summed E-state index contributed by atoms with van der Waals surface area (Å²) in [6, 6.07) is 19.2. The number of nitrogens with zero attached hydrogens (tertiary/aromatic N) is 2. The van der Waals surface area contributed by atoms with E-state index in [0.717, 1.165) is 16.3 Å². The number of rotatable bonds is 14. The number of carbonyl (C=O) groups is 2. The highest BCUT2D eigenvalue weighted by Gasteiger charge is 2.34. The fourth-order valence-electron chi connectivity index (χ4n) is 4.41. The Hall–Kier alpha value is -3.56. The van der Waals surface area contributed by atoms with Gasteiger partial charge in [0.15, 0.2) is 0 Å². The maximum atomic E-state index is 14.2. The highest BCUT2D eigenvalue weighted by Crippen LogP contribution is 2.27. The fourth-order valence-corrected chi connectivity index (χ4v) is 6.02. The van der Waals surface area contributed by atoms with Crippen LogP contribution in [0.25, 0.3) is 0 Å². The number of carbonyl (C=O) groups excluding carboxylic acids is 2. The fraction of sp³-hybridized carbons (Fsp3) is 0.375. The molecule has 0 fully saturated rings. The summed E-state index contributed by atoms with van der Waals surface area (Å²) >= 11 is 6.46. The number of sulfonamides is 1. The van der Waals surface area contributed by atoms with E-state index in [0.29, 0.717) is 35.1 Å². The van der Waals surface area contributed by atoms with Crippen LogP contribution in [0.5, 0.6) is 5.75 Å². The van der Waals surface area contributed by atoms with Gasteiger partial charge in [0.25, 0.3) is 10.0 Å². The van der Waals surface area contributed by atoms with Gasteiger partial charge in [-0.25, -0.2) is 8.42 Å². The van der Waals surface area contributed by atoms with E-state index in [1.165, 1.54) is 17.0 Å². The van der Waals surface area contributed by atoms with Crippen molar-refractivity contribution in [2.75, 3.05) is 17.5 Å². The third kappa shape index (κ3) is 8.26. The second kappa shape index (κ2) is 15.1. The minimum atomic E-state index is -4.16. The number of hydrogen-bond donors (Lipinski definition) is 1. The Balaban J connectivity index is 2.07. The molecule has 42 heavy (non-hydrogen) atoms. The molecule has 0 aliphatic heterocycles. The van der Waals surface area contributed by atoms with E-state index in [-0.39, 0.29) is 23.4 Å². The number of amides is 2. The molecule has 10 heteroatoms. The lowest BCUT2D eigenvalue weighted by Crippen LogP contribution is -2.53. The molecule has 0 heterocycles. The van der Waals surface area contributed by atoms with Crippen molar-refractivity contribution in [2.24, 2.45) is 0 Å². The van der Waals surface area contributed by atoms with Gasteiger partial charge in [-0.3, -0.25) is 13.9 Å². The van der Waals surface area contributed by atoms with Crippen LogP contribution in [0.15, 0.2) is 77.7 Å². The third-order valence-corrected chi connectivity index (χ3v) is 9.17. The standard InChI is InChI=1S/C32H40ClN3O5S/c1-6-24(5)34-32(38)30(7-2)35(21-25-11-9-10-12-29(25)33)31(37)22-36(26-15-17-27(18-16-26)41-8-3)42(39,40)28-19-13-23(4)14-20-28/h9-20,24,30H,6-8,21-22H2,1-5H3,(H,34,38)/t24-,30+/m0/s1. The van der Waals surface area contributed by atoms with Crippen LogP contribution in [0.3, 0.4) is 0 Å². The van der Waals surface area contributed by atoms with E-state index in [2.05, 4.69) is 5.32 Å². The molecule has 1 N–H and O–H groups in total. The zero-order valence-electron chi connectivity index (χ0n) is 24.8. The van der Waals surface area contributed by atoms with Crippen LogP contribution < -0.4 is 14.4 Å². The summed E-state index contributed by atoms with van der Waals surface area (Å²) < 4.78 is 34.6. The molecule has 0 spiro atoms. The first-order valence-electron chi connectivity index (χ1n) is 14.2. The molecule has 2 amide bonds. The van der Waals surface area contributed by atoms with Crippen molar-refractivity contribution in [3.8, 4) is 5.75 Å². The van der Waals surface area contributed by atoms with Gasteiger partial charge >= 0.3 is 0 Å². The molecular formula is C32H40ClN3O5S. The van der Waals surface area contributed by atoms with Gasteiger partial charge in [0, 0.05) is 17.6 Å². The largest absolute Gasteiger partial charge is 0.494 e. The van der Waals surface area contributed by atoms with Crippen LogP contribution >= 0.6 is 11.6 Å². The molecule has 8 nitrogen and oxygen atoms in total. The van der Waals surface area contributed by atoms with Gasteiger partial charge in [-0.1, -0.05) is 61.3 Å². The molecule has 0 aromatic heterocycles. The van der Waals surface area contributed by atoms with Crippen LogP contribution in [0.2, 0.25) is 5.02 Å². The molecule has 0 aliphatic carbocycles. The van der Waals surface area contributed by atoms with Gasteiger partial charge in [-0.15, -0.1) is 0 Å². The Kier molecular flexibility index (Phi) is 11.8. The highest BCUT2D eigenvalue weighted by molar-refractivity contribution is 7.92. The number of aryl methyl sites for hydroxylation is 1. The zero-order valence-corrected chi connectivity index (χ0v) is 26.4. The van der Waals surface area contributed by atoms with Crippen LogP contribution in [0.4, 0.5) is 5.69 Å². The van der Waals surface area contributed by atoms with Gasteiger partial charge in [-0.2, -0.15) is 0 Å². The molecule has 0 bridgehead atoms. The van der Waals surface area contributed by atoms with E-state index in [1.54, 1.807) is 60.7 Å². The lowest BCUT2D eigenvalue weighted by molar-refractivity contribution is -0.140. The van der Waals surface area contributed by atoms with Crippen LogP contribution in [-0.2, 0) is 26.2 Å². The van der Waals surface area contributed by atoms with Crippen molar-refractivity contribution >= 4 is 39.1 Å². The van der Waals surface area contributed by atoms with Gasteiger partial charge in [0.1, 0.15) is 18.3 Å². The average molecular weight is 614 g/mol. The molecule has 0 aliphatic rings. The van der Waals surface area contributed by atoms with Crippen molar-refractivity contribution < 1.29 is 22.7 Å². The van der Waals surface area contributed by atoms with Gasteiger partial charge in [-0.05, 0) is 81.6 Å². The highest BCUT2D eigenvalue weighted by atomic mass is 35.5. The Labute approximate surface area is 254 Å². The van der Waals surface area contributed by atoms with E-state index >= 15 is 0 Å². The lowest BCUT2D eigenvalue weighted by atomic mass is 10.1.